The Balaban J connectivity index is 2.02. The van der Waals surface area contributed by atoms with Gasteiger partial charge in [0.25, 0.3) is 0 Å². The number of halogens is 2. The van der Waals surface area contributed by atoms with Crippen LogP contribution in [-0.2, 0) is 16.0 Å². The fourth-order valence-electron chi connectivity index (χ4n) is 1.91. The number of amides is 1. The van der Waals surface area contributed by atoms with Crippen LogP contribution in [0.4, 0.5) is 10.1 Å². The van der Waals surface area contributed by atoms with Gasteiger partial charge in [-0.25, -0.2) is 9.18 Å². The zero-order valence-corrected chi connectivity index (χ0v) is 12.7. The fraction of sp³-hybridized carbons (Fsp3) is 0.0588. The molecule has 0 aliphatic carbocycles. The summed E-state index contributed by atoms with van der Waals surface area (Å²) in [7, 11) is 0. The van der Waals surface area contributed by atoms with Crippen LogP contribution in [0.1, 0.15) is 11.1 Å². The molecule has 0 fully saturated rings. The summed E-state index contributed by atoms with van der Waals surface area (Å²) in [6.45, 7) is 0. The van der Waals surface area contributed by atoms with Crippen LogP contribution in [-0.4, -0.2) is 17.0 Å². The molecule has 118 valence electrons. The molecule has 6 heteroatoms. The number of benzene rings is 2. The Labute approximate surface area is 137 Å². The first kappa shape index (κ1) is 16.7. The molecule has 0 radical (unpaired) electrons. The van der Waals surface area contributed by atoms with Gasteiger partial charge in [-0.1, -0.05) is 29.8 Å². The van der Waals surface area contributed by atoms with Crippen LogP contribution in [0.15, 0.2) is 48.5 Å². The minimum Gasteiger partial charge on any atom is -0.478 e. The van der Waals surface area contributed by atoms with Gasteiger partial charge in [0.2, 0.25) is 5.91 Å². The van der Waals surface area contributed by atoms with Gasteiger partial charge in [-0.05, 0) is 35.9 Å². The van der Waals surface area contributed by atoms with Gasteiger partial charge < -0.3 is 10.4 Å². The Bertz CT molecular complexity index is 737. The van der Waals surface area contributed by atoms with Crippen molar-refractivity contribution < 1.29 is 19.1 Å². The Morgan fingerprint density at radius 2 is 1.87 bits per heavy atom. The van der Waals surface area contributed by atoms with Crippen molar-refractivity contribution in [1.82, 2.24) is 0 Å². The van der Waals surface area contributed by atoms with Crippen LogP contribution in [0, 0.1) is 5.82 Å². The second kappa shape index (κ2) is 7.56. The minimum absolute atomic E-state index is 0.146. The second-order valence-corrected chi connectivity index (χ2v) is 5.13. The van der Waals surface area contributed by atoms with E-state index in [1.165, 1.54) is 24.3 Å². The lowest BCUT2D eigenvalue weighted by Gasteiger charge is -2.08. The first-order valence-electron chi connectivity index (χ1n) is 6.69. The summed E-state index contributed by atoms with van der Waals surface area (Å²) in [6.07, 6.45) is 2.28. The molecule has 0 unspecified atom stereocenters. The number of nitrogens with one attached hydrogen (secondary N) is 1. The Hall–Kier alpha value is -2.66. The van der Waals surface area contributed by atoms with Crippen LogP contribution < -0.4 is 5.32 Å². The van der Waals surface area contributed by atoms with E-state index in [1.807, 2.05) is 0 Å². The first-order chi connectivity index (χ1) is 11.0. The number of rotatable bonds is 5. The van der Waals surface area contributed by atoms with Crippen molar-refractivity contribution in [2.45, 2.75) is 6.42 Å². The highest BCUT2D eigenvalue weighted by Gasteiger charge is 2.12. The van der Waals surface area contributed by atoms with Crippen LogP contribution in [0.3, 0.4) is 0 Å². The zero-order valence-electron chi connectivity index (χ0n) is 11.9. The first-order valence-corrected chi connectivity index (χ1v) is 7.07. The zero-order chi connectivity index (χ0) is 16.8. The molecule has 4 nitrogen and oxygen atoms in total. The molecule has 2 rings (SSSR count). The van der Waals surface area contributed by atoms with Gasteiger partial charge in [0.15, 0.2) is 0 Å². The number of carbonyl (C=O) groups excluding carboxylic acids is 1. The van der Waals surface area contributed by atoms with Crippen molar-refractivity contribution in [2.24, 2.45) is 0 Å². The number of carboxylic acid groups (broad SMARTS) is 1. The van der Waals surface area contributed by atoms with E-state index in [4.69, 9.17) is 16.7 Å². The van der Waals surface area contributed by atoms with Crippen molar-refractivity contribution >= 4 is 35.2 Å². The molecule has 0 saturated carbocycles. The van der Waals surface area contributed by atoms with Crippen molar-refractivity contribution in [1.29, 1.82) is 0 Å². The number of anilines is 1. The Morgan fingerprint density at radius 1 is 1.17 bits per heavy atom. The lowest BCUT2D eigenvalue weighted by atomic mass is 10.1. The third-order valence-corrected chi connectivity index (χ3v) is 3.37. The van der Waals surface area contributed by atoms with E-state index in [1.54, 1.807) is 24.3 Å². The van der Waals surface area contributed by atoms with E-state index in [9.17, 15) is 14.0 Å². The van der Waals surface area contributed by atoms with Gasteiger partial charge in [0, 0.05) is 22.3 Å². The third kappa shape index (κ3) is 4.93. The summed E-state index contributed by atoms with van der Waals surface area (Å²) >= 11 is 5.88. The predicted octanol–water partition coefficient (Wildman–Crippen LogP) is 3.76. The molecule has 23 heavy (non-hydrogen) atoms. The largest absolute Gasteiger partial charge is 0.478 e. The highest BCUT2D eigenvalue weighted by molar-refractivity contribution is 6.31. The molecule has 0 spiro atoms. The third-order valence-electron chi connectivity index (χ3n) is 3.01. The van der Waals surface area contributed by atoms with Gasteiger partial charge in [-0.15, -0.1) is 0 Å². The number of hydrogen-bond donors (Lipinski definition) is 2. The van der Waals surface area contributed by atoms with Gasteiger partial charge in [0.05, 0.1) is 6.42 Å². The molecule has 0 heterocycles. The molecule has 0 aliphatic rings. The molecular formula is C17H13ClFNO3. The standard InChI is InChI=1S/C17H13ClFNO3/c18-14-2-1-3-15(19)13(14)10-16(21)20-12-7-4-11(5-8-12)6-9-17(22)23/h1-9H,10H2,(H,20,21)(H,22,23)/b9-6+. The number of hydrogen-bond acceptors (Lipinski definition) is 2. The smallest absolute Gasteiger partial charge is 0.328 e. The highest BCUT2D eigenvalue weighted by Crippen LogP contribution is 2.20. The summed E-state index contributed by atoms with van der Waals surface area (Å²) in [5.41, 5.74) is 1.35. The Kier molecular flexibility index (Phi) is 5.49. The van der Waals surface area contributed by atoms with Crippen LogP contribution >= 0.6 is 11.6 Å². The summed E-state index contributed by atoms with van der Waals surface area (Å²) in [4.78, 5) is 22.4. The molecule has 0 bridgehead atoms. The van der Waals surface area contributed by atoms with Crippen LogP contribution in [0.25, 0.3) is 6.08 Å². The number of aliphatic carboxylic acids is 1. The van der Waals surface area contributed by atoms with Crippen molar-refractivity contribution in [3.05, 3.63) is 70.5 Å². The van der Waals surface area contributed by atoms with Crippen molar-refractivity contribution in [2.75, 3.05) is 5.32 Å². The molecule has 2 N–H and O–H groups in total. The Morgan fingerprint density at radius 3 is 2.48 bits per heavy atom. The molecule has 1 amide bonds. The van der Waals surface area contributed by atoms with Crippen LogP contribution in [0.5, 0.6) is 0 Å². The quantitative estimate of drug-likeness (QED) is 0.819. The van der Waals surface area contributed by atoms with Crippen molar-refractivity contribution in [3.8, 4) is 0 Å². The molecular weight excluding hydrogens is 321 g/mol. The second-order valence-electron chi connectivity index (χ2n) is 4.72. The fourth-order valence-corrected chi connectivity index (χ4v) is 2.14. The summed E-state index contributed by atoms with van der Waals surface area (Å²) < 4.78 is 13.6. The van der Waals surface area contributed by atoms with Gasteiger partial charge >= 0.3 is 5.97 Å². The molecule has 0 aromatic heterocycles. The average Bonchev–Trinajstić information content (AvgIpc) is 2.50. The normalized spacial score (nSPS) is 10.7. The van der Waals surface area contributed by atoms with E-state index in [-0.39, 0.29) is 17.0 Å². The SMILES string of the molecule is O=C(O)/C=C/c1ccc(NC(=O)Cc2c(F)cccc2Cl)cc1. The van der Waals surface area contributed by atoms with E-state index in [2.05, 4.69) is 5.32 Å². The average molecular weight is 334 g/mol. The molecule has 2 aromatic rings. The number of carboxylic acids is 1. The van der Waals surface area contributed by atoms with Crippen LogP contribution in [0.2, 0.25) is 5.02 Å². The summed E-state index contributed by atoms with van der Waals surface area (Å²) in [5.74, 6) is -1.96. The maximum atomic E-state index is 13.6. The predicted molar refractivity (Wildman–Crippen MR) is 86.9 cm³/mol. The maximum absolute atomic E-state index is 13.6. The van der Waals surface area contributed by atoms with E-state index in [0.29, 0.717) is 11.3 Å². The summed E-state index contributed by atoms with van der Waals surface area (Å²) in [5, 5.41) is 11.4. The van der Waals surface area contributed by atoms with E-state index < -0.39 is 17.7 Å². The van der Waals surface area contributed by atoms with Gasteiger partial charge in [-0.2, -0.15) is 0 Å². The molecule has 0 atom stereocenters. The molecule has 0 aliphatic heterocycles. The van der Waals surface area contributed by atoms with Crippen molar-refractivity contribution in [3.63, 3.8) is 0 Å². The van der Waals surface area contributed by atoms with Gasteiger partial charge in [0.1, 0.15) is 5.82 Å². The summed E-state index contributed by atoms with van der Waals surface area (Å²) in [6, 6.07) is 10.8. The van der Waals surface area contributed by atoms with E-state index in [0.717, 1.165) is 6.08 Å². The molecule has 2 aromatic carbocycles. The monoisotopic (exact) mass is 333 g/mol. The highest BCUT2D eigenvalue weighted by atomic mass is 35.5. The minimum atomic E-state index is -1.04. The lowest BCUT2D eigenvalue weighted by Crippen LogP contribution is -2.15. The number of carbonyl (C=O) groups is 2. The molecule has 0 saturated heterocycles. The maximum Gasteiger partial charge on any atom is 0.328 e. The lowest BCUT2D eigenvalue weighted by molar-refractivity contribution is -0.131. The topological polar surface area (TPSA) is 66.4 Å². The van der Waals surface area contributed by atoms with Gasteiger partial charge in [-0.3, -0.25) is 4.79 Å². The van der Waals surface area contributed by atoms with E-state index >= 15 is 0 Å².